The van der Waals surface area contributed by atoms with E-state index in [-0.39, 0.29) is 12.2 Å². The van der Waals surface area contributed by atoms with Crippen LogP contribution in [0.4, 0.5) is 5.69 Å². The number of hydrogen-bond donors (Lipinski definition) is 1. The second kappa shape index (κ2) is 8.08. The zero-order valence-corrected chi connectivity index (χ0v) is 17.1. The zero-order chi connectivity index (χ0) is 21.2. The van der Waals surface area contributed by atoms with Crippen molar-refractivity contribution in [3.05, 3.63) is 65.4 Å². The van der Waals surface area contributed by atoms with Crippen molar-refractivity contribution in [3.63, 3.8) is 0 Å². The van der Waals surface area contributed by atoms with E-state index in [0.29, 0.717) is 22.4 Å². The molecule has 1 N–H and O–H groups in total. The summed E-state index contributed by atoms with van der Waals surface area (Å²) in [4.78, 5) is 24.8. The lowest BCUT2D eigenvalue weighted by Crippen LogP contribution is -2.25. The zero-order valence-electron chi connectivity index (χ0n) is 16.3. The Morgan fingerprint density at radius 2 is 1.83 bits per heavy atom. The Kier molecular flexibility index (Phi) is 5.74. The third kappa shape index (κ3) is 5.23. The van der Waals surface area contributed by atoms with E-state index in [1.54, 1.807) is 0 Å². The minimum Gasteiger partial charge on any atom is -0.464 e. The van der Waals surface area contributed by atoms with Crippen LogP contribution in [0.1, 0.15) is 28.4 Å². The molecule has 3 rings (SSSR count). The van der Waals surface area contributed by atoms with E-state index in [2.05, 4.69) is 4.72 Å². The van der Waals surface area contributed by atoms with Crippen LogP contribution in [0.15, 0.2) is 53.1 Å². The molecule has 0 aliphatic carbocycles. The first-order valence-corrected chi connectivity index (χ1v) is 10.8. The molecule has 0 fully saturated rings. The van der Waals surface area contributed by atoms with Gasteiger partial charge >= 0.3 is 5.97 Å². The monoisotopic (exact) mass is 415 g/mol. The van der Waals surface area contributed by atoms with Crippen LogP contribution in [-0.2, 0) is 26.0 Å². The molecule has 3 aromatic rings. The fraction of sp³-hybridized carbons (Fsp3) is 0.238. The molecule has 29 heavy (non-hydrogen) atoms. The first-order valence-electron chi connectivity index (χ1n) is 8.90. The number of carbonyl (C=O) groups is 2. The Bertz CT molecular complexity index is 1160. The van der Waals surface area contributed by atoms with Gasteiger partial charge in [0.15, 0.2) is 6.10 Å². The predicted molar refractivity (Wildman–Crippen MR) is 109 cm³/mol. The number of fused-ring (bicyclic) bond motifs is 1. The van der Waals surface area contributed by atoms with Gasteiger partial charge in [-0.2, -0.15) is 0 Å². The van der Waals surface area contributed by atoms with Crippen molar-refractivity contribution in [2.24, 2.45) is 0 Å². The Balaban J connectivity index is 1.63. The number of nitrogens with one attached hydrogen (secondary N) is 1. The minimum absolute atomic E-state index is 0.00903. The molecule has 2 aromatic carbocycles. The Labute approximate surface area is 168 Å². The van der Waals surface area contributed by atoms with Gasteiger partial charge in [0.05, 0.1) is 18.9 Å². The molecule has 152 valence electrons. The molecule has 0 saturated heterocycles. The molecule has 1 atom stereocenters. The number of Topliss-reactive ketones (excluding diaryl/α,β-unsaturated/α-hetero) is 1. The number of carbonyl (C=O) groups excluding carboxylic acids is 2. The number of aryl methyl sites for hydroxylation is 1. The Hall–Kier alpha value is -3.13. The van der Waals surface area contributed by atoms with Crippen LogP contribution < -0.4 is 4.72 Å². The van der Waals surface area contributed by atoms with E-state index in [1.807, 2.05) is 25.1 Å². The predicted octanol–water partition coefficient (Wildman–Crippen LogP) is 3.47. The highest BCUT2D eigenvalue weighted by molar-refractivity contribution is 7.92. The molecular weight excluding hydrogens is 394 g/mol. The molecular formula is C21H21NO6S. The van der Waals surface area contributed by atoms with Crippen molar-refractivity contribution in [2.45, 2.75) is 26.4 Å². The largest absolute Gasteiger partial charge is 0.464 e. The second-order valence-electron chi connectivity index (χ2n) is 6.89. The van der Waals surface area contributed by atoms with Crippen LogP contribution in [0.25, 0.3) is 11.0 Å². The van der Waals surface area contributed by atoms with E-state index in [1.165, 1.54) is 37.5 Å². The fourth-order valence-corrected chi connectivity index (χ4v) is 3.49. The van der Waals surface area contributed by atoms with Crippen molar-refractivity contribution >= 4 is 38.4 Å². The van der Waals surface area contributed by atoms with Gasteiger partial charge in [-0.15, -0.1) is 0 Å². The molecule has 0 spiro atoms. The van der Waals surface area contributed by atoms with Crippen molar-refractivity contribution < 1.29 is 27.2 Å². The summed E-state index contributed by atoms with van der Waals surface area (Å²) in [5.41, 5.74) is 3.10. The van der Waals surface area contributed by atoms with Gasteiger partial charge in [-0.1, -0.05) is 12.1 Å². The lowest BCUT2D eigenvalue weighted by Gasteiger charge is -2.12. The molecule has 0 radical (unpaired) electrons. The van der Waals surface area contributed by atoms with E-state index in [4.69, 9.17) is 9.15 Å². The van der Waals surface area contributed by atoms with Crippen molar-refractivity contribution in [1.82, 2.24) is 0 Å². The third-order valence-corrected chi connectivity index (χ3v) is 4.90. The number of esters is 1. The number of anilines is 1. The number of furan rings is 1. The molecule has 0 bridgehead atoms. The molecule has 0 amide bonds. The number of hydrogen-bond acceptors (Lipinski definition) is 6. The highest BCUT2D eigenvalue weighted by Crippen LogP contribution is 2.23. The summed E-state index contributed by atoms with van der Waals surface area (Å²) in [6.45, 7) is 3.45. The first-order chi connectivity index (χ1) is 13.6. The molecule has 8 heteroatoms. The molecule has 0 aliphatic heterocycles. The Morgan fingerprint density at radius 3 is 2.48 bits per heavy atom. The summed E-state index contributed by atoms with van der Waals surface area (Å²) >= 11 is 0. The summed E-state index contributed by atoms with van der Waals surface area (Å²) in [5, 5.41) is 0.834. The van der Waals surface area contributed by atoms with Gasteiger partial charge in [0.2, 0.25) is 15.8 Å². The molecule has 1 heterocycles. The van der Waals surface area contributed by atoms with Crippen LogP contribution >= 0.6 is 0 Å². The average Bonchev–Trinajstić information content (AvgIpc) is 3.02. The van der Waals surface area contributed by atoms with E-state index in [0.717, 1.165) is 17.2 Å². The summed E-state index contributed by atoms with van der Waals surface area (Å²) in [6.07, 6.45) is 1.57. The molecule has 0 saturated carbocycles. The molecule has 0 unspecified atom stereocenters. The van der Waals surface area contributed by atoms with Crippen LogP contribution in [0, 0.1) is 6.92 Å². The van der Waals surface area contributed by atoms with Crippen LogP contribution in [0.3, 0.4) is 0 Å². The van der Waals surface area contributed by atoms with Crippen molar-refractivity contribution in [1.29, 1.82) is 0 Å². The average molecular weight is 415 g/mol. The summed E-state index contributed by atoms with van der Waals surface area (Å²) < 4.78 is 35.5. The summed E-state index contributed by atoms with van der Waals surface area (Å²) in [6, 6.07) is 11.6. The lowest BCUT2D eigenvalue weighted by atomic mass is 10.1. The fourth-order valence-electron chi connectivity index (χ4n) is 2.93. The topological polar surface area (TPSA) is 103 Å². The number of ketones is 1. The van der Waals surface area contributed by atoms with Gasteiger partial charge in [-0.3, -0.25) is 14.3 Å². The van der Waals surface area contributed by atoms with E-state index >= 15 is 0 Å². The third-order valence-electron chi connectivity index (χ3n) is 4.30. The van der Waals surface area contributed by atoms with E-state index < -0.39 is 22.1 Å². The van der Waals surface area contributed by atoms with Gasteiger partial charge in [-0.05, 0) is 49.7 Å². The van der Waals surface area contributed by atoms with Gasteiger partial charge in [0.1, 0.15) is 5.58 Å². The van der Waals surface area contributed by atoms with Crippen LogP contribution in [-0.4, -0.2) is 32.5 Å². The quantitative estimate of drug-likeness (QED) is 0.468. The first kappa shape index (κ1) is 20.6. The summed E-state index contributed by atoms with van der Waals surface area (Å²) in [7, 11) is -3.40. The van der Waals surface area contributed by atoms with Gasteiger partial charge in [0, 0.05) is 22.2 Å². The number of sulfonamides is 1. The minimum atomic E-state index is -3.40. The lowest BCUT2D eigenvalue weighted by molar-refractivity contribution is -0.145. The highest BCUT2D eigenvalue weighted by Gasteiger charge is 2.21. The molecule has 7 nitrogen and oxygen atoms in total. The summed E-state index contributed by atoms with van der Waals surface area (Å²) in [5.74, 6) is -0.915. The van der Waals surface area contributed by atoms with Gasteiger partial charge in [0.25, 0.3) is 0 Å². The maximum Gasteiger partial charge on any atom is 0.311 e. The maximum absolute atomic E-state index is 12.5. The van der Waals surface area contributed by atoms with Gasteiger partial charge < -0.3 is 9.15 Å². The normalized spacial score (nSPS) is 12.5. The number of rotatable bonds is 7. The SMILES string of the molecule is Cc1ccc2c(CC(=O)O[C@H](C)C(=O)c3ccc(NS(C)(=O)=O)cc3)coc2c1. The number of benzene rings is 2. The van der Waals surface area contributed by atoms with Crippen LogP contribution in [0.5, 0.6) is 0 Å². The maximum atomic E-state index is 12.5. The Morgan fingerprint density at radius 1 is 1.14 bits per heavy atom. The second-order valence-corrected chi connectivity index (χ2v) is 8.63. The smallest absolute Gasteiger partial charge is 0.311 e. The standard InChI is InChI=1S/C21H21NO6S/c1-13-4-9-18-16(12-27-19(18)10-13)11-20(23)28-14(2)21(24)15-5-7-17(8-6-15)22-29(3,25)26/h4-10,12,14,22H,11H2,1-3H3/t14-/m1/s1. The van der Waals surface area contributed by atoms with E-state index in [9.17, 15) is 18.0 Å². The molecule has 0 aliphatic rings. The van der Waals surface area contributed by atoms with Crippen molar-refractivity contribution in [3.8, 4) is 0 Å². The highest BCUT2D eigenvalue weighted by atomic mass is 32.2. The molecule has 1 aromatic heterocycles. The van der Waals surface area contributed by atoms with Crippen molar-refractivity contribution in [2.75, 3.05) is 11.0 Å². The van der Waals surface area contributed by atoms with Gasteiger partial charge in [-0.25, -0.2) is 8.42 Å². The number of ether oxygens (including phenoxy) is 1. The van der Waals surface area contributed by atoms with Crippen LogP contribution in [0.2, 0.25) is 0 Å².